The molecular formula is C11H11ClF3NO2. The smallest absolute Gasteiger partial charge is 0.258 e. The molecule has 0 amide bonds. The lowest BCUT2D eigenvalue weighted by Gasteiger charge is -2.15. The molecule has 1 aromatic carbocycles. The number of nitro groups is 1. The van der Waals surface area contributed by atoms with Crippen LogP contribution in [0.4, 0.5) is 18.9 Å². The average molecular weight is 282 g/mol. The minimum Gasteiger partial charge on any atom is -0.258 e. The molecule has 0 fully saturated rings. The van der Waals surface area contributed by atoms with Gasteiger partial charge < -0.3 is 0 Å². The second-order valence-electron chi connectivity index (χ2n) is 3.99. The van der Waals surface area contributed by atoms with E-state index in [1.807, 2.05) is 0 Å². The molecule has 0 radical (unpaired) electrons. The van der Waals surface area contributed by atoms with Gasteiger partial charge in [-0.2, -0.15) is 13.2 Å². The Morgan fingerprint density at radius 3 is 2.28 bits per heavy atom. The van der Waals surface area contributed by atoms with Crippen LogP contribution < -0.4 is 0 Å². The first-order valence-corrected chi connectivity index (χ1v) is 5.58. The van der Waals surface area contributed by atoms with Gasteiger partial charge in [0, 0.05) is 22.9 Å². The van der Waals surface area contributed by atoms with Gasteiger partial charge in [0.2, 0.25) is 0 Å². The maximum atomic E-state index is 12.5. The van der Waals surface area contributed by atoms with Crippen LogP contribution in [0.25, 0.3) is 0 Å². The molecule has 0 aliphatic carbocycles. The summed E-state index contributed by atoms with van der Waals surface area (Å²) in [5.41, 5.74) is -1.38. The zero-order valence-electron chi connectivity index (χ0n) is 9.66. The largest absolute Gasteiger partial charge is 0.416 e. The van der Waals surface area contributed by atoms with Crippen LogP contribution in [0.3, 0.4) is 0 Å². The highest BCUT2D eigenvalue weighted by molar-refractivity contribution is 6.20. The minimum atomic E-state index is -4.60. The van der Waals surface area contributed by atoms with Crippen LogP contribution in [0, 0.1) is 10.1 Å². The molecule has 0 aliphatic rings. The number of rotatable bonds is 3. The second-order valence-corrected chi connectivity index (χ2v) is 4.68. The Hall–Kier alpha value is -1.30. The van der Waals surface area contributed by atoms with Crippen LogP contribution in [0.1, 0.15) is 30.9 Å². The first kappa shape index (κ1) is 14.8. The molecule has 1 aromatic rings. The fourth-order valence-electron chi connectivity index (χ4n) is 1.51. The van der Waals surface area contributed by atoms with Crippen molar-refractivity contribution in [1.82, 2.24) is 0 Å². The van der Waals surface area contributed by atoms with Gasteiger partial charge in [-0.1, -0.05) is 13.0 Å². The van der Waals surface area contributed by atoms with Crippen molar-refractivity contribution < 1.29 is 18.1 Å². The number of hydrogen-bond donors (Lipinski definition) is 0. The molecule has 3 nitrogen and oxygen atoms in total. The Kier molecular flexibility index (Phi) is 4.21. The molecule has 1 rings (SSSR count). The van der Waals surface area contributed by atoms with E-state index < -0.39 is 33.6 Å². The molecule has 2 unspecified atom stereocenters. The van der Waals surface area contributed by atoms with Crippen LogP contribution in [-0.4, -0.2) is 10.3 Å². The van der Waals surface area contributed by atoms with Crippen molar-refractivity contribution in [2.24, 2.45) is 0 Å². The summed E-state index contributed by atoms with van der Waals surface area (Å²) in [5, 5.41) is 10.4. The van der Waals surface area contributed by atoms with E-state index in [1.54, 1.807) is 13.8 Å². The third kappa shape index (κ3) is 3.13. The Labute approximate surface area is 107 Å². The summed E-state index contributed by atoms with van der Waals surface area (Å²) >= 11 is 5.82. The third-order valence-electron chi connectivity index (χ3n) is 2.73. The number of halogens is 4. The van der Waals surface area contributed by atoms with Crippen molar-refractivity contribution in [2.75, 3.05) is 0 Å². The predicted molar refractivity (Wildman–Crippen MR) is 61.8 cm³/mol. The van der Waals surface area contributed by atoms with Crippen molar-refractivity contribution in [3.8, 4) is 0 Å². The van der Waals surface area contributed by atoms with Gasteiger partial charge >= 0.3 is 6.18 Å². The quantitative estimate of drug-likeness (QED) is 0.470. The number of nitro benzene ring substituents is 1. The first-order valence-electron chi connectivity index (χ1n) is 5.14. The van der Waals surface area contributed by atoms with Gasteiger partial charge in [0.05, 0.1) is 10.5 Å². The maximum Gasteiger partial charge on any atom is 0.416 e. The molecule has 0 saturated heterocycles. The SMILES string of the molecule is CC(Cl)C(C)c1ccc(C(F)(F)F)cc1[N+](=O)[O-]. The van der Waals surface area contributed by atoms with E-state index in [0.717, 1.165) is 12.1 Å². The van der Waals surface area contributed by atoms with Crippen LogP contribution in [0.15, 0.2) is 18.2 Å². The van der Waals surface area contributed by atoms with Gasteiger partial charge in [-0.15, -0.1) is 11.6 Å². The maximum absolute atomic E-state index is 12.5. The summed E-state index contributed by atoms with van der Waals surface area (Å²) in [7, 11) is 0. The van der Waals surface area contributed by atoms with Gasteiger partial charge in [-0.05, 0) is 13.0 Å². The van der Waals surface area contributed by atoms with Crippen LogP contribution in [-0.2, 0) is 6.18 Å². The van der Waals surface area contributed by atoms with E-state index in [-0.39, 0.29) is 5.56 Å². The fraction of sp³-hybridized carbons (Fsp3) is 0.455. The molecule has 0 bridgehead atoms. The molecule has 100 valence electrons. The normalized spacial score (nSPS) is 15.2. The average Bonchev–Trinajstić information content (AvgIpc) is 2.25. The fourth-order valence-corrected chi connectivity index (χ4v) is 1.65. The lowest BCUT2D eigenvalue weighted by atomic mass is 9.95. The molecule has 18 heavy (non-hydrogen) atoms. The molecule has 0 aliphatic heterocycles. The number of benzene rings is 1. The summed E-state index contributed by atoms with van der Waals surface area (Å²) in [4.78, 5) is 10.0. The Balaban J connectivity index is 3.34. The van der Waals surface area contributed by atoms with Crippen LogP contribution >= 0.6 is 11.6 Å². The van der Waals surface area contributed by atoms with Crippen LogP contribution in [0.5, 0.6) is 0 Å². The number of alkyl halides is 4. The second kappa shape index (κ2) is 5.14. The van der Waals surface area contributed by atoms with Gasteiger partial charge in [-0.25, -0.2) is 0 Å². The van der Waals surface area contributed by atoms with Crippen LogP contribution in [0.2, 0.25) is 0 Å². The van der Waals surface area contributed by atoms with Crippen molar-refractivity contribution in [3.63, 3.8) is 0 Å². The minimum absolute atomic E-state index is 0.204. The van der Waals surface area contributed by atoms with Crippen molar-refractivity contribution >= 4 is 17.3 Å². The van der Waals surface area contributed by atoms with Crippen molar-refractivity contribution in [3.05, 3.63) is 39.4 Å². The highest BCUT2D eigenvalue weighted by atomic mass is 35.5. The van der Waals surface area contributed by atoms with E-state index in [9.17, 15) is 23.3 Å². The van der Waals surface area contributed by atoms with Gasteiger partial charge in [0.25, 0.3) is 5.69 Å². The summed E-state index contributed by atoms with van der Waals surface area (Å²) in [5.74, 6) is -0.408. The van der Waals surface area contributed by atoms with E-state index in [4.69, 9.17) is 11.6 Å². The monoisotopic (exact) mass is 281 g/mol. The Bertz CT molecular complexity index is 460. The zero-order valence-corrected chi connectivity index (χ0v) is 10.4. The predicted octanol–water partition coefficient (Wildman–Crippen LogP) is 4.34. The summed E-state index contributed by atoms with van der Waals surface area (Å²) in [6.45, 7) is 3.26. The summed E-state index contributed by atoms with van der Waals surface area (Å²) in [6, 6.07) is 2.49. The van der Waals surface area contributed by atoms with E-state index in [1.165, 1.54) is 0 Å². The molecule has 2 atom stereocenters. The molecule has 7 heteroatoms. The molecule has 0 aromatic heterocycles. The third-order valence-corrected chi connectivity index (χ3v) is 3.11. The summed E-state index contributed by atoms with van der Waals surface area (Å²) in [6.07, 6.45) is -4.60. The van der Waals surface area contributed by atoms with Gasteiger partial charge in [-0.3, -0.25) is 10.1 Å². The lowest BCUT2D eigenvalue weighted by molar-refractivity contribution is -0.386. The molecule has 0 N–H and O–H groups in total. The molecule has 0 heterocycles. The molecular weight excluding hydrogens is 271 g/mol. The van der Waals surface area contributed by atoms with Crippen molar-refractivity contribution in [2.45, 2.75) is 31.3 Å². The van der Waals surface area contributed by atoms with Gasteiger partial charge in [0.15, 0.2) is 0 Å². The first-order chi connectivity index (χ1) is 8.14. The topological polar surface area (TPSA) is 43.1 Å². The number of hydrogen-bond acceptors (Lipinski definition) is 2. The van der Waals surface area contributed by atoms with Crippen molar-refractivity contribution in [1.29, 1.82) is 0 Å². The van der Waals surface area contributed by atoms with E-state index in [0.29, 0.717) is 6.07 Å². The standard InChI is InChI=1S/C11H11ClF3NO2/c1-6(7(2)12)9-4-3-8(11(13,14)15)5-10(9)16(17)18/h3-7H,1-2H3. The summed E-state index contributed by atoms with van der Waals surface area (Å²) < 4.78 is 37.4. The van der Waals surface area contributed by atoms with Gasteiger partial charge in [0.1, 0.15) is 0 Å². The molecule has 0 saturated carbocycles. The zero-order chi connectivity index (χ0) is 14.1. The van der Waals surface area contributed by atoms with E-state index in [2.05, 4.69) is 0 Å². The molecule has 0 spiro atoms. The number of nitrogens with zero attached hydrogens (tertiary/aromatic N) is 1. The highest BCUT2D eigenvalue weighted by Crippen LogP contribution is 2.36. The lowest BCUT2D eigenvalue weighted by Crippen LogP contribution is -2.11. The highest BCUT2D eigenvalue weighted by Gasteiger charge is 2.34. The van der Waals surface area contributed by atoms with E-state index >= 15 is 0 Å². The Morgan fingerprint density at radius 1 is 1.33 bits per heavy atom. The Morgan fingerprint density at radius 2 is 1.89 bits per heavy atom.